The van der Waals surface area contributed by atoms with Crippen molar-refractivity contribution in [2.24, 2.45) is 0 Å². The number of carbonyl (C=O) groups is 2. The lowest BCUT2D eigenvalue weighted by Crippen LogP contribution is -2.41. The number of hydrogen-bond acceptors (Lipinski definition) is 3. The number of nitrogens with zero attached hydrogens (tertiary/aromatic N) is 1. The van der Waals surface area contributed by atoms with Crippen molar-refractivity contribution in [1.29, 1.82) is 0 Å². The molecule has 2 aromatic rings. The van der Waals surface area contributed by atoms with Gasteiger partial charge in [-0.05, 0) is 42.7 Å². The zero-order valence-electron chi connectivity index (χ0n) is 14.7. The van der Waals surface area contributed by atoms with E-state index in [4.69, 9.17) is 0 Å². The summed E-state index contributed by atoms with van der Waals surface area (Å²) < 4.78 is 0. The lowest BCUT2D eigenvalue weighted by atomic mass is 10.1. The first-order valence-electron chi connectivity index (χ1n) is 8.29. The van der Waals surface area contributed by atoms with Gasteiger partial charge >= 0.3 is 0 Å². The number of benzene rings is 2. The van der Waals surface area contributed by atoms with E-state index in [0.29, 0.717) is 12.1 Å². The van der Waals surface area contributed by atoms with Gasteiger partial charge in [0, 0.05) is 18.7 Å². The smallest absolute Gasteiger partial charge is 0.251 e. The predicted molar refractivity (Wildman–Crippen MR) is 97.2 cm³/mol. The minimum Gasteiger partial charge on any atom is -0.395 e. The van der Waals surface area contributed by atoms with Crippen molar-refractivity contribution in [2.45, 2.75) is 20.4 Å². The zero-order valence-corrected chi connectivity index (χ0v) is 14.7. The van der Waals surface area contributed by atoms with Crippen LogP contribution in [-0.2, 0) is 11.3 Å². The van der Waals surface area contributed by atoms with Gasteiger partial charge in [-0.25, -0.2) is 0 Å². The molecule has 2 amide bonds. The van der Waals surface area contributed by atoms with Gasteiger partial charge in [-0.1, -0.05) is 36.4 Å². The Labute approximate surface area is 148 Å². The summed E-state index contributed by atoms with van der Waals surface area (Å²) in [4.78, 5) is 26.2. The molecular formula is C20H24N2O3. The Balaban J connectivity index is 1.95. The third kappa shape index (κ3) is 5.43. The Morgan fingerprint density at radius 3 is 2.40 bits per heavy atom. The van der Waals surface area contributed by atoms with Gasteiger partial charge in [-0.15, -0.1) is 0 Å². The maximum absolute atomic E-state index is 12.4. The van der Waals surface area contributed by atoms with E-state index >= 15 is 0 Å². The van der Waals surface area contributed by atoms with Gasteiger partial charge in [0.15, 0.2) is 0 Å². The molecule has 5 nitrogen and oxygen atoms in total. The Morgan fingerprint density at radius 1 is 1.04 bits per heavy atom. The lowest BCUT2D eigenvalue weighted by Gasteiger charge is -2.22. The summed E-state index contributed by atoms with van der Waals surface area (Å²) in [6.45, 7) is 4.34. The van der Waals surface area contributed by atoms with Crippen LogP contribution in [0.4, 0.5) is 0 Å². The van der Waals surface area contributed by atoms with E-state index < -0.39 is 0 Å². The van der Waals surface area contributed by atoms with E-state index in [0.717, 1.165) is 16.7 Å². The molecule has 132 valence electrons. The van der Waals surface area contributed by atoms with Crippen molar-refractivity contribution >= 4 is 11.8 Å². The molecular weight excluding hydrogens is 316 g/mol. The Morgan fingerprint density at radius 2 is 1.76 bits per heavy atom. The molecule has 0 aliphatic heterocycles. The summed E-state index contributed by atoms with van der Waals surface area (Å²) in [7, 11) is 0. The molecule has 0 spiro atoms. The van der Waals surface area contributed by atoms with E-state index in [-0.39, 0.29) is 31.5 Å². The first kappa shape index (κ1) is 18.7. The van der Waals surface area contributed by atoms with E-state index in [9.17, 15) is 14.7 Å². The van der Waals surface area contributed by atoms with Crippen LogP contribution < -0.4 is 5.32 Å². The number of amides is 2. The molecule has 0 fully saturated rings. The van der Waals surface area contributed by atoms with E-state index in [2.05, 4.69) is 5.32 Å². The van der Waals surface area contributed by atoms with Gasteiger partial charge < -0.3 is 15.3 Å². The summed E-state index contributed by atoms with van der Waals surface area (Å²) in [5, 5.41) is 11.9. The maximum Gasteiger partial charge on any atom is 0.251 e. The number of carbonyl (C=O) groups excluding carboxylic acids is 2. The fraction of sp³-hybridized carbons (Fsp3) is 0.300. The highest BCUT2D eigenvalue weighted by atomic mass is 16.3. The second kappa shape index (κ2) is 8.99. The van der Waals surface area contributed by atoms with Crippen molar-refractivity contribution in [3.8, 4) is 0 Å². The van der Waals surface area contributed by atoms with Crippen LogP contribution in [0.2, 0.25) is 0 Å². The Kier molecular flexibility index (Phi) is 6.71. The van der Waals surface area contributed by atoms with Crippen molar-refractivity contribution in [2.75, 3.05) is 19.7 Å². The van der Waals surface area contributed by atoms with Gasteiger partial charge in [0.05, 0.1) is 13.2 Å². The number of aryl methyl sites for hydroxylation is 2. The van der Waals surface area contributed by atoms with Crippen LogP contribution in [0, 0.1) is 13.8 Å². The first-order valence-corrected chi connectivity index (χ1v) is 8.29. The van der Waals surface area contributed by atoms with Crippen LogP contribution >= 0.6 is 0 Å². The topological polar surface area (TPSA) is 69.6 Å². The highest BCUT2D eigenvalue weighted by Crippen LogP contribution is 2.10. The van der Waals surface area contributed by atoms with Crippen LogP contribution in [0.5, 0.6) is 0 Å². The lowest BCUT2D eigenvalue weighted by molar-refractivity contribution is -0.131. The molecule has 2 rings (SSSR count). The van der Waals surface area contributed by atoms with E-state index in [1.807, 2.05) is 56.3 Å². The van der Waals surface area contributed by atoms with Crippen LogP contribution in [0.1, 0.15) is 27.0 Å². The average molecular weight is 340 g/mol. The molecule has 0 bridgehead atoms. The van der Waals surface area contributed by atoms with Crippen molar-refractivity contribution in [1.82, 2.24) is 10.2 Å². The quantitative estimate of drug-likeness (QED) is 0.810. The van der Waals surface area contributed by atoms with Crippen LogP contribution in [0.3, 0.4) is 0 Å². The first-order chi connectivity index (χ1) is 12.0. The van der Waals surface area contributed by atoms with E-state index in [1.165, 1.54) is 4.90 Å². The highest BCUT2D eigenvalue weighted by Gasteiger charge is 2.15. The van der Waals surface area contributed by atoms with Crippen molar-refractivity contribution in [3.05, 3.63) is 70.8 Å². The Hall–Kier alpha value is -2.66. The molecule has 5 heteroatoms. The molecule has 0 aliphatic carbocycles. The number of aliphatic hydroxyl groups excluding tert-OH is 1. The highest BCUT2D eigenvalue weighted by molar-refractivity contribution is 5.96. The third-order valence-corrected chi connectivity index (χ3v) is 4.11. The fourth-order valence-electron chi connectivity index (χ4n) is 2.47. The average Bonchev–Trinajstić information content (AvgIpc) is 2.62. The van der Waals surface area contributed by atoms with Gasteiger partial charge in [0.25, 0.3) is 5.91 Å². The molecule has 0 aliphatic rings. The fourth-order valence-corrected chi connectivity index (χ4v) is 2.47. The van der Waals surface area contributed by atoms with Crippen molar-refractivity contribution < 1.29 is 14.7 Å². The molecule has 2 N–H and O–H groups in total. The standard InChI is InChI=1S/C20H24N2O3/c1-15-8-9-18(12-16(15)2)20(25)21-13-19(24)22(10-11-23)14-17-6-4-3-5-7-17/h3-9,12,23H,10-11,13-14H2,1-2H3,(H,21,25). The summed E-state index contributed by atoms with van der Waals surface area (Å²) >= 11 is 0. The minimum atomic E-state index is -0.278. The summed E-state index contributed by atoms with van der Waals surface area (Å²) in [6.07, 6.45) is 0. The van der Waals surface area contributed by atoms with Gasteiger partial charge in [0.2, 0.25) is 5.91 Å². The number of rotatable bonds is 7. The van der Waals surface area contributed by atoms with Crippen molar-refractivity contribution in [3.63, 3.8) is 0 Å². The van der Waals surface area contributed by atoms with Crippen LogP contribution in [0.15, 0.2) is 48.5 Å². The summed E-state index contributed by atoms with van der Waals surface area (Å²) in [6, 6.07) is 15.0. The minimum absolute atomic E-state index is 0.0986. The van der Waals surface area contributed by atoms with Crippen LogP contribution in [-0.4, -0.2) is 41.5 Å². The summed E-state index contributed by atoms with van der Waals surface area (Å²) in [5.74, 6) is -0.504. The third-order valence-electron chi connectivity index (χ3n) is 4.11. The second-order valence-corrected chi connectivity index (χ2v) is 6.01. The Bertz CT molecular complexity index is 729. The largest absolute Gasteiger partial charge is 0.395 e. The normalized spacial score (nSPS) is 10.4. The number of hydrogen-bond donors (Lipinski definition) is 2. The van der Waals surface area contributed by atoms with E-state index in [1.54, 1.807) is 6.07 Å². The SMILES string of the molecule is Cc1ccc(C(=O)NCC(=O)N(CCO)Cc2ccccc2)cc1C. The molecule has 0 atom stereocenters. The molecule has 0 saturated carbocycles. The molecule has 25 heavy (non-hydrogen) atoms. The molecule has 0 aromatic heterocycles. The molecule has 0 saturated heterocycles. The molecule has 2 aromatic carbocycles. The number of aliphatic hydroxyl groups is 1. The maximum atomic E-state index is 12.4. The molecule has 0 heterocycles. The van der Waals surface area contributed by atoms with Gasteiger partial charge in [-0.2, -0.15) is 0 Å². The monoisotopic (exact) mass is 340 g/mol. The van der Waals surface area contributed by atoms with Crippen LogP contribution in [0.25, 0.3) is 0 Å². The summed E-state index contributed by atoms with van der Waals surface area (Å²) in [5.41, 5.74) is 3.66. The molecule has 0 unspecified atom stereocenters. The molecule has 0 radical (unpaired) electrons. The predicted octanol–water partition coefficient (Wildman–Crippen LogP) is 2.05. The number of nitrogens with one attached hydrogen (secondary N) is 1. The van der Waals surface area contributed by atoms with Gasteiger partial charge in [0.1, 0.15) is 0 Å². The second-order valence-electron chi connectivity index (χ2n) is 6.01. The van der Waals surface area contributed by atoms with Gasteiger partial charge in [-0.3, -0.25) is 9.59 Å². The zero-order chi connectivity index (χ0) is 18.2.